The van der Waals surface area contributed by atoms with E-state index in [2.05, 4.69) is 5.32 Å². The quantitative estimate of drug-likeness (QED) is 0.675. The van der Waals surface area contributed by atoms with Crippen molar-refractivity contribution in [2.24, 2.45) is 0 Å². The highest BCUT2D eigenvalue weighted by Crippen LogP contribution is 1.87. The Hall–Kier alpha value is -1.45. The van der Waals surface area contributed by atoms with E-state index in [1.165, 1.54) is 0 Å². The summed E-state index contributed by atoms with van der Waals surface area (Å²) >= 11 is 0. The number of carboxylic acid groups (broad SMARTS) is 1. The molecule has 0 unspecified atom stereocenters. The van der Waals surface area contributed by atoms with Gasteiger partial charge in [-0.15, -0.1) is 0 Å². The average Bonchev–Trinajstić information content (AvgIpc) is 2.39. The number of aromatic nitrogens is 1. The van der Waals surface area contributed by atoms with E-state index in [4.69, 9.17) is 5.11 Å². The van der Waals surface area contributed by atoms with Crippen molar-refractivity contribution in [3.05, 3.63) is 24.5 Å². The number of nitrogens with one attached hydrogen (secondary N) is 1. The van der Waals surface area contributed by atoms with Crippen molar-refractivity contribution in [2.75, 3.05) is 6.54 Å². The van der Waals surface area contributed by atoms with Gasteiger partial charge in [0.2, 0.25) is 0 Å². The highest BCUT2D eigenvalue weighted by atomic mass is 16.4. The second-order valence-corrected chi connectivity index (χ2v) is 2.15. The molecule has 2 N–H and O–H groups in total. The topological polar surface area (TPSA) is 54.3 Å². The zero-order valence-corrected chi connectivity index (χ0v) is 6.03. The summed E-state index contributed by atoms with van der Waals surface area (Å²) < 4.78 is 1.91. The molecule has 0 atom stereocenters. The van der Waals surface area contributed by atoms with E-state index in [1.807, 2.05) is 29.1 Å². The number of carbonyl (C=O) groups is 1. The Morgan fingerprint density at radius 3 is 2.64 bits per heavy atom. The summed E-state index contributed by atoms with van der Waals surface area (Å²) in [5.74, 6) is 0. The van der Waals surface area contributed by atoms with Gasteiger partial charge < -0.3 is 15.0 Å². The van der Waals surface area contributed by atoms with E-state index in [-0.39, 0.29) is 0 Å². The standard InChI is InChI=1S/C7H10N2O2/c10-7(11)8-3-6-9-4-1-2-5-9/h1-2,4-5,8H,3,6H2,(H,10,11). The lowest BCUT2D eigenvalue weighted by molar-refractivity contribution is 0.194. The molecule has 11 heavy (non-hydrogen) atoms. The molecule has 0 bridgehead atoms. The summed E-state index contributed by atoms with van der Waals surface area (Å²) in [4.78, 5) is 10.0. The van der Waals surface area contributed by atoms with Crippen LogP contribution < -0.4 is 5.32 Å². The number of nitrogens with zero attached hydrogens (tertiary/aromatic N) is 1. The number of hydrogen-bond donors (Lipinski definition) is 2. The van der Waals surface area contributed by atoms with Gasteiger partial charge in [0.05, 0.1) is 0 Å². The van der Waals surface area contributed by atoms with Crippen LogP contribution in [-0.4, -0.2) is 22.3 Å². The second kappa shape index (κ2) is 3.65. The van der Waals surface area contributed by atoms with Crippen molar-refractivity contribution in [1.29, 1.82) is 0 Å². The highest BCUT2D eigenvalue weighted by Gasteiger charge is 1.92. The molecule has 1 heterocycles. The number of hydrogen-bond acceptors (Lipinski definition) is 1. The van der Waals surface area contributed by atoms with Gasteiger partial charge in [0.15, 0.2) is 0 Å². The van der Waals surface area contributed by atoms with Crippen molar-refractivity contribution >= 4 is 6.09 Å². The van der Waals surface area contributed by atoms with Gasteiger partial charge in [-0.25, -0.2) is 4.79 Å². The fourth-order valence-electron chi connectivity index (χ4n) is 0.811. The second-order valence-electron chi connectivity index (χ2n) is 2.15. The molecule has 0 saturated carbocycles. The molecule has 0 aliphatic rings. The van der Waals surface area contributed by atoms with Gasteiger partial charge >= 0.3 is 6.09 Å². The molecule has 4 heteroatoms. The number of rotatable bonds is 3. The van der Waals surface area contributed by atoms with Crippen molar-refractivity contribution in [2.45, 2.75) is 6.54 Å². The van der Waals surface area contributed by atoms with Gasteiger partial charge in [0.25, 0.3) is 0 Å². The van der Waals surface area contributed by atoms with Crippen molar-refractivity contribution < 1.29 is 9.90 Å². The molecular weight excluding hydrogens is 144 g/mol. The van der Waals surface area contributed by atoms with Crippen LogP contribution in [0.15, 0.2) is 24.5 Å². The first kappa shape index (κ1) is 7.65. The SMILES string of the molecule is O=C(O)NCCn1cccc1. The van der Waals surface area contributed by atoms with Gasteiger partial charge in [-0.3, -0.25) is 0 Å². The van der Waals surface area contributed by atoms with Crippen LogP contribution in [0.3, 0.4) is 0 Å². The summed E-state index contributed by atoms with van der Waals surface area (Å²) in [6.45, 7) is 1.13. The maximum Gasteiger partial charge on any atom is 0.404 e. The van der Waals surface area contributed by atoms with E-state index >= 15 is 0 Å². The molecule has 0 aliphatic carbocycles. The van der Waals surface area contributed by atoms with E-state index in [9.17, 15) is 4.79 Å². The third-order valence-electron chi connectivity index (χ3n) is 1.31. The Morgan fingerprint density at radius 2 is 2.09 bits per heavy atom. The molecule has 1 amide bonds. The maximum absolute atomic E-state index is 10.0. The van der Waals surface area contributed by atoms with Gasteiger partial charge in [-0.05, 0) is 12.1 Å². The number of amides is 1. The Balaban J connectivity index is 2.19. The van der Waals surface area contributed by atoms with Crippen LogP contribution in [0.25, 0.3) is 0 Å². The minimum absolute atomic E-state index is 0.448. The zero-order chi connectivity index (χ0) is 8.10. The monoisotopic (exact) mass is 154 g/mol. The summed E-state index contributed by atoms with van der Waals surface area (Å²) in [7, 11) is 0. The molecule has 1 aromatic rings. The largest absolute Gasteiger partial charge is 0.465 e. The molecule has 0 radical (unpaired) electrons. The van der Waals surface area contributed by atoms with Gasteiger partial charge in [-0.2, -0.15) is 0 Å². The summed E-state index contributed by atoms with van der Waals surface area (Å²) in [6, 6.07) is 3.81. The normalized spacial score (nSPS) is 9.45. The summed E-state index contributed by atoms with van der Waals surface area (Å²) in [6.07, 6.45) is 2.81. The van der Waals surface area contributed by atoms with Crippen LogP contribution in [0.4, 0.5) is 4.79 Å². The van der Waals surface area contributed by atoms with E-state index in [0.717, 1.165) is 0 Å². The summed E-state index contributed by atoms with van der Waals surface area (Å²) in [5.41, 5.74) is 0. The van der Waals surface area contributed by atoms with Gasteiger partial charge in [0.1, 0.15) is 0 Å². The fraction of sp³-hybridized carbons (Fsp3) is 0.286. The predicted molar refractivity (Wildman–Crippen MR) is 40.5 cm³/mol. The zero-order valence-electron chi connectivity index (χ0n) is 6.03. The fourth-order valence-corrected chi connectivity index (χ4v) is 0.811. The Bertz CT molecular complexity index is 218. The lowest BCUT2D eigenvalue weighted by atomic mass is 10.6. The van der Waals surface area contributed by atoms with Crippen LogP contribution >= 0.6 is 0 Å². The molecule has 60 valence electrons. The average molecular weight is 154 g/mol. The first-order valence-electron chi connectivity index (χ1n) is 3.36. The first-order valence-corrected chi connectivity index (χ1v) is 3.36. The van der Waals surface area contributed by atoms with Crippen molar-refractivity contribution in [1.82, 2.24) is 9.88 Å². The molecule has 1 rings (SSSR count). The molecule has 0 fully saturated rings. The minimum atomic E-state index is -0.975. The Morgan fingerprint density at radius 1 is 1.45 bits per heavy atom. The van der Waals surface area contributed by atoms with Crippen LogP contribution in [0.1, 0.15) is 0 Å². The lowest BCUT2D eigenvalue weighted by Crippen LogP contribution is -2.24. The first-order chi connectivity index (χ1) is 5.29. The van der Waals surface area contributed by atoms with Crippen molar-refractivity contribution in [3.63, 3.8) is 0 Å². The van der Waals surface area contributed by atoms with Gasteiger partial charge in [-0.1, -0.05) is 0 Å². The third-order valence-corrected chi connectivity index (χ3v) is 1.31. The molecule has 0 spiro atoms. The molecule has 4 nitrogen and oxygen atoms in total. The molecule has 0 aromatic carbocycles. The Labute approximate surface area is 64.5 Å². The minimum Gasteiger partial charge on any atom is -0.465 e. The maximum atomic E-state index is 10.0. The summed E-state index contributed by atoms with van der Waals surface area (Å²) in [5, 5.41) is 10.5. The Kier molecular flexibility index (Phi) is 2.54. The molecular formula is C7H10N2O2. The third kappa shape index (κ3) is 2.75. The smallest absolute Gasteiger partial charge is 0.404 e. The van der Waals surface area contributed by atoms with Crippen LogP contribution in [0.5, 0.6) is 0 Å². The molecule has 0 saturated heterocycles. The highest BCUT2D eigenvalue weighted by molar-refractivity contribution is 5.64. The van der Waals surface area contributed by atoms with E-state index in [0.29, 0.717) is 13.1 Å². The van der Waals surface area contributed by atoms with E-state index < -0.39 is 6.09 Å². The molecule has 1 aromatic heterocycles. The van der Waals surface area contributed by atoms with E-state index in [1.54, 1.807) is 0 Å². The lowest BCUT2D eigenvalue weighted by Gasteiger charge is -2.01. The van der Waals surface area contributed by atoms with Crippen LogP contribution in [0, 0.1) is 0 Å². The molecule has 0 aliphatic heterocycles. The predicted octanol–water partition coefficient (Wildman–Crippen LogP) is 0.756. The van der Waals surface area contributed by atoms with Crippen LogP contribution in [0.2, 0.25) is 0 Å². The van der Waals surface area contributed by atoms with Crippen LogP contribution in [-0.2, 0) is 6.54 Å². The van der Waals surface area contributed by atoms with Crippen molar-refractivity contribution in [3.8, 4) is 0 Å². The van der Waals surface area contributed by atoms with Gasteiger partial charge in [0, 0.05) is 25.5 Å².